The van der Waals surface area contributed by atoms with Crippen LogP contribution in [0.3, 0.4) is 0 Å². The van der Waals surface area contributed by atoms with Gasteiger partial charge in [-0.2, -0.15) is 0 Å². The zero-order chi connectivity index (χ0) is 26.1. The largest absolute Gasteiger partial charge is 0.497 e. The number of sulfonamides is 1. The van der Waals surface area contributed by atoms with Crippen molar-refractivity contribution in [2.75, 3.05) is 12.9 Å². The summed E-state index contributed by atoms with van der Waals surface area (Å²) in [5.41, 5.74) is -1.16. The highest BCUT2D eigenvalue weighted by molar-refractivity contribution is 7.90. The van der Waals surface area contributed by atoms with Gasteiger partial charge in [0.25, 0.3) is 11.8 Å². The highest BCUT2D eigenvalue weighted by atomic mass is 32.2. The number of rotatable bonds is 6. The number of aromatic hydroxyl groups is 1. The number of benzene rings is 2. The van der Waals surface area contributed by atoms with Crippen LogP contribution in [0, 0.1) is 11.8 Å². The molecule has 12 heteroatoms. The number of imide groups is 1. The van der Waals surface area contributed by atoms with E-state index in [1.165, 1.54) is 42.9 Å². The number of amides is 4. The molecule has 1 aliphatic rings. The summed E-state index contributed by atoms with van der Waals surface area (Å²) in [5, 5.41) is 16.6. The molecule has 4 rings (SSSR count). The first-order valence-corrected chi connectivity index (χ1v) is 12.4. The third-order valence-corrected chi connectivity index (χ3v) is 6.87. The van der Waals surface area contributed by atoms with Crippen LogP contribution in [0.15, 0.2) is 48.7 Å². The van der Waals surface area contributed by atoms with E-state index in [-0.39, 0.29) is 23.7 Å². The Bertz CT molecular complexity index is 1550. The van der Waals surface area contributed by atoms with Crippen LogP contribution in [0.5, 0.6) is 11.6 Å². The average Bonchev–Trinajstić information content (AvgIpc) is 3.31. The zero-order valence-corrected chi connectivity index (χ0v) is 20.1. The first kappa shape index (κ1) is 24.6. The van der Waals surface area contributed by atoms with Crippen molar-refractivity contribution >= 4 is 38.6 Å². The number of urea groups is 1. The average molecular weight is 511 g/mol. The van der Waals surface area contributed by atoms with Crippen molar-refractivity contribution < 1.29 is 32.6 Å². The van der Waals surface area contributed by atoms with Crippen LogP contribution >= 0.6 is 0 Å². The minimum absolute atomic E-state index is 0.110. The van der Waals surface area contributed by atoms with Gasteiger partial charge in [0.2, 0.25) is 15.6 Å². The molecule has 4 amide bonds. The molecule has 0 spiro atoms. The number of fused-ring (bicyclic) bond motifs is 1. The van der Waals surface area contributed by atoms with Crippen molar-refractivity contribution in [3.63, 3.8) is 0 Å². The van der Waals surface area contributed by atoms with Crippen molar-refractivity contribution in [3.05, 3.63) is 59.8 Å². The first-order valence-electron chi connectivity index (χ1n) is 10.7. The monoisotopic (exact) mass is 510 g/mol. The van der Waals surface area contributed by atoms with Crippen LogP contribution in [0.4, 0.5) is 4.79 Å². The van der Waals surface area contributed by atoms with Gasteiger partial charge >= 0.3 is 6.03 Å². The van der Waals surface area contributed by atoms with E-state index < -0.39 is 33.4 Å². The quantitative estimate of drug-likeness (QED) is 0.285. The second-order valence-corrected chi connectivity index (χ2v) is 10.0. The maximum atomic E-state index is 12.7. The molecule has 186 valence electrons. The fraction of sp³-hybridized carbons (Fsp3) is 0.208. The molecular formula is C24H22N4O7S. The lowest BCUT2D eigenvalue weighted by Crippen LogP contribution is -2.49. The molecule has 11 nitrogen and oxygen atoms in total. The Kier molecular flexibility index (Phi) is 6.34. The highest BCUT2D eigenvalue weighted by Crippen LogP contribution is 2.32. The predicted octanol–water partition coefficient (Wildman–Crippen LogP) is 1.06. The maximum absolute atomic E-state index is 12.7. The third kappa shape index (κ3) is 4.82. The van der Waals surface area contributed by atoms with Crippen LogP contribution in [-0.2, 0) is 21.4 Å². The molecule has 2 aromatic carbocycles. The molecule has 2 heterocycles. The SMILES string of the molecule is CCS(=O)(=O)NC(=O)c1ccc(C#C[C@]2(Cn3cc4ccc(OC)cc4c3O)NC(=O)NC2=O)cc1. The summed E-state index contributed by atoms with van der Waals surface area (Å²) in [6.07, 6.45) is 1.63. The fourth-order valence-corrected chi connectivity index (χ4v) is 4.16. The lowest BCUT2D eigenvalue weighted by atomic mass is 9.99. The highest BCUT2D eigenvalue weighted by Gasteiger charge is 2.46. The van der Waals surface area contributed by atoms with E-state index in [0.29, 0.717) is 22.1 Å². The number of nitrogens with zero attached hydrogens (tertiary/aromatic N) is 1. The second kappa shape index (κ2) is 9.27. The molecular weight excluding hydrogens is 488 g/mol. The number of aromatic nitrogens is 1. The smallest absolute Gasteiger partial charge is 0.323 e. The molecule has 0 aliphatic carbocycles. The lowest BCUT2D eigenvalue weighted by molar-refractivity contribution is -0.122. The summed E-state index contributed by atoms with van der Waals surface area (Å²) in [5.74, 6) is 4.30. The Labute approximate surface area is 206 Å². The molecule has 3 aromatic rings. The minimum atomic E-state index is -3.71. The minimum Gasteiger partial charge on any atom is -0.497 e. The summed E-state index contributed by atoms with van der Waals surface area (Å²) in [4.78, 5) is 36.8. The first-order chi connectivity index (χ1) is 17.1. The number of carbonyl (C=O) groups is 3. The Balaban J connectivity index is 1.63. The Morgan fingerprint density at radius 2 is 1.92 bits per heavy atom. The molecule has 0 radical (unpaired) electrons. The molecule has 0 bridgehead atoms. The summed E-state index contributed by atoms with van der Waals surface area (Å²) in [7, 11) is -2.20. The van der Waals surface area contributed by atoms with Gasteiger partial charge in [-0.25, -0.2) is 17.9 Å². The van der Waals surface area contributed by atoms with Crippen molar-refractivity contribution in [2.24, 2.45) is 0 Å². The molecule has 1 aromatic heterocycles. The van der Waals surface area contributed by atoms with Crippen LogP contribution in [0.1, 0.15) is 22.8 Å². The topological polar surface area (TPSA) is 156 Å². The Hall–Kier alpha value is -4.50. The number of hydrogen-bond acceptors (Lipinski definition) is 7. The van der Waals surface area contributed by atoms with Crippen LogP contribution in [0.2, 0.25) is 0 Å². The number of hydrogen-bond donors (Lipinski definition) is 4. The van der Waals surface area contributed by atoms with Gasteiger partial charge in [0.15, 0.2) is 5.88 Å². The molecule has 0 unspecified atom stereocenters. The second-order valence-electron chi connectivity index (χ2n) is 8.01. The van der Waals surface area contributed by atoms with E-state index in [9.17, 15) is 27.9 Å². The van der Waals surface area contributed by atoms with Crippen LogP contribution in [0.25, 0.3) is 10.8 Å². The number of methoxy groups -OCH3 is 1. The van der Waals surface area contributed by atoms with Gasteiger partial charge in [0.05, 0.1) is 19.4 Å². The molecule has 36 heavy (non-hydrogen) atoms. The Morgan fingerprint density at radius 3 is 2.53 bits per heavy atom. The van der Waals surface area contributed by atoms with E-state index in [0.717, 1.165) is 0 Å². The number of nitrogens with one attached hydrogen (secondary N) is 3. The molecule has 4 N–H and O–H groups in total. The van der Waals surface area contributed by atoms with E-state index in [4.69, 9.17) is 4.74 Å². The van der Waals surface area contributed by atoms with Crippen LogP contribution in [-0.4, -0.2) is 54.3 Å². The van der Waals surface area contributed by atoms with Crippen LogP contribution < -0.4 is 20.1 Å². The van der Waals surface area contributed by atoms with Crippen molar-refractivity contribution in [2.45, 2.75) is 19.0 Å². The van der Waals surface area contributed by atoms with Gasteiger partial charge in [0, 0.05) is 28.1 Å². The summed E-state index contributed by atoms with van der Waals surface area (Å²) in [6.45, 7) is 1.23. The van der Waals surface area contributed by atoms with Gasteiger partial charge in [0.1, 0.15) is 5.75 Å². The van der Waals surface area contributed by atoms with Gasteiger partial charge in [-0.05, 0) is 49.4 Å². The Morgan fingerprint density at radius 1 is 1.19 bits per heavy atom. The molecule has 1 saturated heterocycles. The van der Waals surface area contributed by atoms with Crippen molar-refractivity contribution in [1.82, 2.24) is 19.9 Å². The fourth-order valence-electron chi connectivity index (χ4n) is 3.62. The molecule has 1 fully saturated rings. The predicted molar refractivity (Wildman–Crippen MR) is 130 cm³/mol. The molecule has 1 atom stereocenters. The maximum Gasteiger partial charge on any atom is 0.323 e. The summed E-state index contributed by atoms with van der Waals surface area (Å²) >= 11 is 0. The van der Waals surface area contributed by atoms with E-state index >= 15 is 0 Å². The normalized spacial score (nSPS) is 17.2. The van der Waals surface area contributed by atoms with E-state index in [1.54, 1.807) is 24.4 Å². The molecule has 1 aliphatic heterocycles. The molecule has 0 saturated carbocycles. The van der Waals surface area contributed by atoms with Gasteiger partial charge in [-0.3, -0.25) is 14.9 Å². The van der Waals surface area contributed by atoms with Gasteiger partial charge < -0.3 is 19.7 Å². The van der Waals surface area contributed by atoms with Crippen molar-refractivity contribution in [3.8, 4) is 23.5 Å². The van der Waals surface area contributed by atoms with Gasteiger partial charge in [-0.15, -0.1) is 0 Å². The van der Waals surface area contributed by atoms with E-state index in [2.05, 4.69) is 22.5 Å². The van der Waals surface area contributed by atoms with E-state index in [1.807, 2.05) is 4.72 Å². The standard InChI is InChI=1S/C24H22N4O7S/c1-3-36(33,34)27-20(29)16-6-4-15(5-7-16)10-11-24(22(31)25-23(32)26-24)14-28-13-17-8-9-18(35-2)12-19(17)21(28)30/h4-9,12-13,30H,3,14H2,1-2H3,(H,27,29)(H2,25,26,31,32)/t24-/m1/s1. The lowest BCUT2D eigenvalue weighted by Gasteiger charge is -2.20. The third-order valence-electron chi connectivity index (χ3n) is 5.61. The van der Waals surface area contributed by atoms with Gasteiger partial charge in [-0.1, -0.05) is 11.8 Å². The zero-order valence-electron chi connectivity index (χ0n) is 19.3. The number of carbonyl (C=O) groups excluding carboxylic acids is 3. The summed E-state index contributed by atoms with van der Waals surface area (Å²) < 4.78 is 31.8. The van der Waals surface area contributed by atoms with Crippen molar-refractivity contribution in [1.29, 1.82) is 0 Å². The number of ether oxygens (including phenoxy) is 1. The summed E-state index contributed by atoms with van der Waals surface area (Å²) in [6, 6.07) is 10.2.